The Hall–Kier alpha value is -0.850. The van der Waals surface area contributed by atoms with Crippen molar-refractivity contribution in [1.29, 1.82) is 0 Å². The number of ether oxygens (including phenoxy) is 9. The zero-order valence-electron chi connectivity index (χ0n) is 20.2. The first kappa shape index (κ1) is 31.1. The minimum Gasteiger partial charge on any atom is -0.466 e. The third kappa shape index (κ3) is 27.2. The Balaban J connectivity index is 3.04. The van der Waals surface area contributed by atoms with E-state index in [9.17, 15) is 4.79 Å². The topological polar surface area (TPSA) is 100 Å². The van der Waals surface area contributed by atoms with E-state index in [1.165, 1.54) is 0 Å². The van der Waals surface area contributed by atoms with Crippen LogP contribution in [-0.4, -0.2) is 118 Å². The van der Waals surface area contributed by atoms with Gasteiger partial charge in [-0.05, 0) is 20.8 Å². The molecule has 0 heterocycles. The highest BCUT2D eigenvalue weighted by atomic mass is 16.6. The third-order valence-electron chi connectivity index (χ3n) is 3.67. The van der Waals surface area contributed by atoms with E-state index in [4.69, 9.17) is 42.6 Å². The van der Waals surface area contributed by atoms with Crippen LogP contribution in [-0.2, 0) is 47.4 Å². The molecule has 0 spiro atoms. The van der Waals surface area contributed by atoms with Crippen LogP contribution in [0.4, 0.5) is 0 Å². The lowest BCUT2D eigenvalue weighted by Gasteiger charge is -2.09. The Kier molecular flexibility index (Phi) is 25.7. The Labute approximate surface area is 193 Å². The van der Waals surface area contributed by atoms with Crippen molar-refractivity contribution in [2.75, 3.05) is 106 Å². The molecule has 0 bridgehead atoms. The van der Waals surface area contributed by atoms with Crippen molar-refractivity contribution in [2.45, 2.75) is 33.3 Å². The number of carbonyl (C=O) groups is 1. The van der Waals surface area contributed by atoms with Gasteiger partial charge in [0.1, 0.15) is 0 Å². The first-order valence-corrected chi connectivity index (χ1v) is 11.5. The molecule has 0 fully saturated rings. The highest BCUT2D eigenvalue weighted by Crippen LogP contribution is 1.90. The smallest absolute Gasteiger partial charge is 0.308 e. The molecular formula is C22H44O10. The molecule has 0 rings (SSSR count). The molecule has 0 aliphatic heterocycles. The molecule has 0 aromatic heterocycles. The van der Waals surface area contributed by atoms with Crippen molar-refractivity contribution >= 4 is 5.97 Å². The van der Waals surface area contributed by atoms with Crippen molar-refractivity contribution in [3.05, 3.63) is 0 Å². The van der Waals surface area contributed by atoms with Crippen LogP contribution in [0.2, 0.25) is 0 Å². The van der Waals surface area contributed by atoms with Crippen molar-refractivity contribution in [2.24, 2.45) is 0 Å². The molecule has 32 heavy (non-hydrogen) atoms. The van der Waals surface area contributed by atoms with Crippen LogP contribution in [0.25, 0.3) is 0 Å². The summed E-state index contributed by atoms with van der Waals surface area (Å²) in [6, 6.07) is 0. The summed E-state index contributed by atoms with van der Waals surface area (Å²) in [7, 11) is 0. The summed E-state index contributed by atoms with van der Waals surface area (Å²) in [5.41, 5.74) is 0. The molecule has 192 valence electrons. The summed E-state index contributed by atoms with van der Waals surface area (Å²) in [6.07, 6.45) is 0.497. The lowest BCUT2D eigenvalue weighted by atomic mass is 10.5. The highest BCUT2D eigenvalue weighted by molar-refractivity contribution is 5.69. The van der Waals surface area contributed by atoms with Gasteiger partial charge in [0, 0.05) is 0 Å². The van der Waals surface area contributed by atoms with Gasteiger partial charge in [-0.25, -0.2) is 0 Å². The van der Waals surface area contributed by atoms with E-state index in [-0.39, 0.29) is 18.5 Å². The van der Waals surface area contributed by atoms with Crippen LogP contribution in [0.5, 0.6) is 0 Å². The zero-order chi connectivity index (χ0) is 23.5. The number of hydrogen-bond acceptors (Lipinski definition) is 10. The van der Waals surface area contributed by atoms with Gasteiger partial charge in [-0.15, -0.1) is 0 Å². The predicted octanol–water partition coefficient (Wildman–Crippen LogP) is 1.48. The Morgan fingerprint density at radius 1 is 0.531 bits per heavy atom. The lowest BCUT2D eigenvalue weighted by Crippen LogP contribution is -2.15. The summed E-state index contributed by atoms with van der Waals surface area (Å²) in [5.74, 6) is -0.245. The molecule has 0 atom stereocenters. The maximum absolute atomic E-state index is 11.1. The SMILES string of the molecule is CCOC(=O)CCOCCOCCOCCOCCOCCOCCOCCOC(C)C. The fourth-order valence-corrected chi connectivity index (χ4v) is 2.15. The molecule has 10 nitrogen and oxygen atoms in total. The quantitative estimate of drug-likeness (QED) is 0.137. The molecule has 10 heteroatoms. The third-order valence-corrected chi connectivity index (χ3v) is 3.67. The van der Waals surface area contributed by atoms with Gasteiger partial charge in [-0.2, -0.15) is 0 Å². The van der Waals surface area contributed by atoms with E-state index >= 15 is 0 Å². The second kappa shape index (κ2) is 26.4. The van der Waals surface area contributed by atoms with Crippen molar-refractivity contribution in [1.82, 2.24) is 0 Å². The minimum absolute atomic E-state index is 0.233. The average molecular weight is 469 g/mol. The van der Waals surface area contributed by atoms with Crippen LogP contribution in [0.1, 0.15) is 27.2 Å². The average Bonchev–Trinajstić information content (AvgIpc) is 2.76. The van der Waals surface area contributed by atoms with E-state index in [2.05, 4.69) is 0 Å². The Morgan fingerprint density at radius 3 is 1.16 bits per heavy atom. The van der Waals surface area contributed by atoms with Crippen molar-refractivity contribution in [3.63, 3.8) is 0 Å². The fraction of sp³-hybridized carbons (Fsp3) is 0.955. The molecule has 0 radical (unpaired) electrons. The highest BCUT2D eigenvalue weighted by Gasteiger charge is 2.00. The maximum Gasteiger partial charge on any atom is 0.308 e. The van der Waals surface area contributed by atoms with E-state index < -0.39 is 0 Å². The van der Waals surface area contributed by atoms with Gasteiger partial charge in [0.15, 0.2) is 0 Å². The number of esters is 1. The van der Waals surface area contributed by atoms with Gasteiger partial charge in [0.25, 0.3) is 0 Å². The summed E-state index contributed by atoms with van der Waals surface area (Å²) in [6.45, 7) is 13.8. The minimum atomic E-state index is -0.245. The zero-order valence-corrected chi connectivity index (χ0v) is 20.2. The first-order valence-electron chi connectivity index (χ1n) is 11.5. The molecule has 0 saturated carbocycles. The van der Waals surface area contributed by atoms with E-state index in [0.717, 1.165) is 0 Å². The molecular weight excluding hydrogens is 424 g/mol. The molecule has 0 aliphatic carbocycles. The Morgan fingerprint density at radius 2 is 0.844 bits per heavy atom. The molecule has 0 amide bonds. The summed E-state index contributed by atoms with van der Waals surface area (Å²) in [4.78, 5) is 11.1. The van der Waals surface area contributed by atoms with Crippen LogP contribution >= 0.6 is 0 Å². The molecule has 0 aromatic rings. The van der Waals surface area contributed by atoms with Crippen molar-refractivity contribution < 1.29 is 47.4 Å². The number of rotatable bonds is 26. The molecule has 0 aromatic carbocycles. The standard InChI is InChI=1S/C22H44O10/c1-4-31-22(23)5-6-24-7-8-25-9-10-26-11-12-27-13-14-28-15-16-29-17-18-30-19-20-32-21(2)3/h21H,4-20H2,1-3H3. The summed E-state index contributed by atoms with van der Waals surface area (Å²) in [5, 5.41) is 0. The molecule has 0 saturated heterocycles. The van der Waals surface area contributed by atoms with E-state index in [0.29, 0.717) is 106 Å². The second-order valence-electron chi connectivity index (χ2n) is 6.76. The van der Waals surface area contributed by atoms with Gasteiger partial charge in [-0.3, -0.25) is 4.79 Å². The van der Waals surface area contributed by atoms with Gasteiger partial charge < -0.3 is 42.6 Å². The van der Waals surface area contributed by atoms with Crippen LogP contribution in [0.15, 0.2) is 0 Å². The maximum atomic E-state index is 11.1. The van der Waals surface area contributed by atoms with Gasteiger partial charge in [0.2, 0.25) is 0 Å². The predicted molar refractivity (Wildman–Crippen MR) is 118 cm³/mol. The van der Waals surface area contributed by atoms with E-state index in [1.54, 1.807) is 6.92 Å². The van der Waals surface area contributed by atoms with E-state index in [1.807, 2.05) is 13.8 Å². The van der Waals surface area contributed by atoms with Gasteiger partial charge in [-0.1, -0.05) is 0 Å². The van der Waals surface area contributed by atoms with Gasteiger partial charge >= 0.3 is 5.97 Å². The van der Waals surface area contributed by atoms with Crippen LogP contribution < -0.4 is 0 Å². The lowest BCUT2D eigenvalue weighted by molar-refractivity contribution is -0.144. The largest absolute Gasteiger partial charge is 0.466 e. The molecule has 0 aliphatic rings. The number of carbonyl (C=O) groups excluding carboxylic acids is 1. The van der Waals surface area contributed by atoms with Crippen LogP contribution in [0.3, 0.4) is 0 Å². The van der Waals surface area contributed by atoms with Gasteiger partial charge in [0.05, 0.1) is 118 Å². The first-order chi connectivity index (χ1) is 15.7. The molecule has 0 unspecified atom stereocenters. The number of hydrogen-bond donors (Lipinski definition) is 0. The monoisotopic (exact) mass is 468 g/mol. The second-order valence-corrected chi connectivity index (χ2v) is 6.76. The summed E-state index contributed by atoms with van der Waals surface area (Å²) >= 11 is 0. The summed E-state index contributed by atoms with van der Waals surface area (Å²) < 4.78 is 47.9. The normalized spacial score (nSPS) is 11.4. The fourth-order valence-electron chi connectivity index (χ4n) is 2.15. The Bertz CT molecular complexity index is 382. The molecule has 0 N–H and O–H groups in total. The van der Waals surface area contributed by atoms with Crippen LogP contribution in [0, 0.1) is 0 Å². The van der Waals surface area contributed by atoms with Crippen molar-refractivity contribution in [3.8, 4) is 0 Å².